The Balaban J connectivity index is 4.55. The summed E-state index contributed by atoms with van der Waals surface area (Å²) < 4.78 is 0. The van der Waals surface area contributed by atoms with Crippen LogP contribution in [-0.4, -0.2) is 12.6 Å². The molecule has 0 aromatic carbocycles. The molecule has 0 aliphatic carbocycles. The first-order valence-electron chi connectivity index (χ1n) is 5.88. The molecule has 0 saturated heterocycles. The van der Waals surface area contributed by atoms with Crippen LogP contribution in [0.2, 0.25) is 0 Å². The van der Waals surface area contributed by atoms with Crippen molar-refractivity contribution in [2.75, 3.05) is 6.54 Å². The van der Waals surface area contributed by atoms with E-state index in [9.17, 15) is 0 Å². The van der Waals surface area contributed by atoms with Gasteiger partial charge in [0, 0.05) is 17.4 Å². The summed E-state index contributed by atoms with van der Waals surface area (Å²) in [5.41, 5.74) is 3.68. The topological polar surface area (TPSA) is 24.1 Å². The van der Waals surface area contributed by atoms with E-state index >= 15 is 0 Å². The van der Waals surface area contributed by atoms with Gasteiger partial charge in [-0.25, -0.2) is 0 Å². The van der Waals surface area contributed by atoms with Gasteiger partial charge in [-0.3, -0.25) is 0 Å². The maximum Gasteiger partial charge on any atom is 0.0443 e. The molecule has 88 valence electrons. The van der Waals surface area contributed by atoms with Crippen LogP contribution in [0.4, 0.5) is 0 Å². The first kappa shape index (κ1) is 14.2. The smallest absolute Gasteiger partial charge is 0.0443 e. The van der Waals surface area contributed by atoms with Crippen LogP contribution >= 0.6 is 0 Å². The van der Waals surface area contributed by atoms with Crippen molar-refractivity contribution in [1.29, 1.82) is 0 Å². The van der Waals surface area contributed by atoms with E-state index in [0.29, 0.717) is 6.04 Å². The Bertz CT molecular complexity index is 229. The number of rotatable bonds is 7. The van der Waals surface area contributed by atoms with Gasteiger partial charge in [0.1, 0.15) is 0 Å². The minimum atomic E-state index is 0.376. The summed E-state index contributed by atoms with van der Waals surface area (Å²) in [6, 6.07) is 0.376. The van der Waals surface area contributed by atoms with Crippen LogP contribution in [0.3, 0.4) is 0 Å². The van der Waals surface area contributed by atoms with Gasteiger partial charge < -0.3 is 10.6 Å². The molecule has 0 saturated carbocycles. The lowest BCUT2D eigenvalue weighted by atomic mass is 10.1. The molecule has 0 aromatic heterocycles. The minimum Gasteiger partial charge on any atom is -0.362 e. The third kappa shape index (κ3) is 5.63. The van der Waals surface area contributed by atoms with Crippen molar-refractivity contribution in [2.45, 2.75) is 53.5 Å². The van der Waals surface area contributed by atoms with E-state index in [1.807, 2.05) is 6.92 Å². The zero-order valence-corrected chi connectivity index (χ0v) is 10.9. The van der Waals surface area contributed by atoms with Crippen molar-refractivity contribution in [3.63, 3.8) is 0 Å². The van der Waals surface area contributed by atoms with Crippen LogP contribution in [-0.2, 0) is 0 Å². The maximum absolute atomic E-state index is 3.90. The monoisotopic (exact) mass is 210 g/mol. The molecule has 0 bridgehead atoms. The van der Waals surface area contributed by atoms with Gasteiger partial charge in [0.2, 0.25) is 0 Å². The normalized spacial score (nSPS) is 14.5. The summed E-state index contributed by atoms with van der Waals surface area (Å²) in [5.74, 6) is 0. The van der Waals surface area contributed by atoms with Crippen molar-refractivity contribution in [2.24, 2.45) is 0 Å². The van der Waals surface area contributed by atoms with Gasteiger partial charge in [0.05, 0.1) is 0 Å². The number of hydrogen-bond donors (Lipinski definition) is 2. The largest absolute Gasteiger partial charge is 0.362 e. The highest BCUT2D eigenvalue weighted by atomic mass is 15.0. The van der Waals surface area contributed by atoms with Gasteiger partial charge in [0.15, 0.2) is 0 Å². The number of allylic oxidation sites excluding steroid dienone is 2. The highest BCUT2D eigenvalue weighted by molar-refractivity contribution is 5.19. The summed E-state index contributed by atoms with van der Waals surface area (Å²) in [7, 11) is 0. The van der Waals surface area contributed by atoms with E-state index in [0.717, 1.165) is 25.1 Å². The highest BCUT2D eigenvalue weighted by Gasteiger charge is 2.09. The molecule has 2 N–H and O–H groups in total. The van der Waals surface area contributed by atoms with Gasteiger partial charge in [0.25, 0.3) is 0 Å². The van der Waals surface area contributed by atoms with Gasteiger partial charge >= 0.3 is 0 Å². The third-order valence-corrected chi connectivity index (χ3v) is 2.47. The van der Waals surface area contributed by atoms with Crippen LogP contribution in [0.5, 0.6) is 0 Å². The van der Waals surface area contributed by atoms with Crippen LogP contribution in [0.1, 0.15) is 47.5 Å². The molecule has 0 fully saturated rings. The molecule has 0 aromatic rings. The standard InChI is InChI=1S/C13H26N2/c1-7-9-14-12(6)13(11(5)8-2)15-10(3)4/h12,14-15H,3,7-9H2,1-2,4-6H3/b13-11-. The molecule has 1 unspecified atom stereocenters. The Labute approximate surface area is 94.8 Å². The fourth-order valence-electron chi connectivity index (χ4n) is 1.47. The van der Waals surface area contributed by atoms with E-state index in [2.05, 4.69) is 44.9 Å². The molecular weight excluding hydrogens is 184 g/mol. The maximum atomic E-state index is 3.90. The van der Waals surface area contributed by atoms with E-state index < -0.39 is 0 Å². The van der Waals surface area contributed by atoms with Crippen molar-refractivity contribution in [3.8, 4) is 0 Å². The van der Waals surface area contributed by atoms with Crippen LogP contribution < -0.4 is 10.6 Å². The fraction of sp³-hybridized carbons (Fsp3) is 0.692. The summed E-state index contributed by atoms with van der Waals surface area (Å²) in [6.45, 7) is 15.7. The SMILES string of the molecule is C=C(C)N/C(=C(/C)CC)C(C)NCCC. The van der Waals surface area contributed by atoms with Crippen LogP contribution in [0, 0.1) is 0 Å². The highest BCUT2D eigenvalue weighted by Crippen LogP contribution is 2.10. The summed E-state index contributed by atoms with van der Waals surface area (Å²) >= 11 is 0. The van der Waals surface area contributed by atoms with E-state index in [4.69, 9.17) is 0 Å². The fourth-order valence-corrected chi connectivity index (χ4v) is 1.47. The molecule has 0 aliphatic heterocycles. The van der Waals surface area contributed by atoms with Gasteiger partial charge in [-0.15, -0.1) is 0 Å². The molecule has 0 amide bonds. The van der Waals surface area contributed by atoms with Gasteiger partial charge in [-0.2, -0.15) is 0 Å². The zero-order valence-electron chi connectivity index (χ0n) is 10.9. The summed E-state index contributed by atoms with van der Waals surface area (Å²) in [5, 5.41) is 6.85. The molecule has 0 rings (SSSR count). The molecular formula is C13H26N2. The average molecular weight is 210 g/mol. The first-order valence-corrected chi connectivity index (χ1v) is 5.88. The lowest BCUT2D eigenvalue weighted by Crippen LogP contribution is -2.35. The Hall–Kier alpha value is -0.760. The zero-order chi connectivity index (χ0) is 11.8. The quantitative estimate of drug-likeness (QED) is 0.674. The lowest BCUT2D eigenvalue weighted by Gasteiger charge is -2.22. The number of nitrogens with one attached hydrogen (secondary N) is 2. The Morgan fingerprint density at radius 2 is 1.87 bits per heavy atom. The molecule has 0 aliphatic rings. The van der Waals surface area contributed by atoms with Gasteiger partial charge in [-0.1, -0.05) is 26.0 Å². The number of hydrogen-bond acceptors (Lipinski definition) is 2. The Morgan fingerprint density at radius 3 is 2.27 bits per heavy atom. The second kappa shape index (κ2) is 7.52. The third-order valence-electron chi connectivity index (χ3n) is 2.47. The molecule has 15 heavy (non-hydrogen) atoms. The molecule has 2 heteroatoms. The molecule has 2 nitrogen and oxygen atoms in total. The molecule has 0 radical (unpaired) electrons. The van der Waals surface area contributed by atoms with Crippen molar-refractivity contribution < 1.29 is 0 Å². The Kier molecular flexibility index (Phi) is 7.14. The van der Waals surface area contributed by atoms with Gasteiger partial charge in [-0.05, 0) is 40.2 Å². The van der Waals surface area contributed by atoms with Crippen LogP contribution in [0.15, 0.2) is 23.5 Å². The summed E-state index contributed by atoms with van der Waals surface area (Å²) in [4.78, 5) is 0. The van der Waals surface area contributed by atoms with Crippen LogP contribution in [0.25, 0.3) is 0 Å². The van der Waals surface area contributed by atoms with Crippen molar-refractivity contribution in [1.82, 2.24) is 10.6 Å². The molecule has 0 heterocycles. The summed E-state index contributed by atoms with van der Waals surface area (Å²) in [6.07, 6.45) is 2.24. The molecule has 0 spiro atoms. The van der Waals surface area contributed by atoms with E-state index in [1.54, 1.807) is 0 Å². The van der Waals surface area contributed by atoms with Crippen molar-refractivity contribution in [3.05, 3.63) is 23.5 Å². The molecule has 1 atom stereocenters. The van der Waals surface area contributed by atoms with E-state index in [1.165, 1.54) is 11.3 Å². The van der Waals surface area contributed by atoms with E-state index in [-0.39, 0.29) is 0 Å². The lowest BCUT2D eigenvalue weighted by molar-refractivity contribution is 0.572. The predicted molar refractivity (Wildman–Crippen MR) is 68.7 cm³/mol. The Morgan fingerprint density at radius 1 is 1.27 bits per heavy atom. The predicted octanol–water partition coefficient (Wildman–Crippen LogP) is 3.18. The first-order chi connectivity index (χ1) is 7.02. The minimum absolute atomic E-state index is 0.376. The second-order valence-corrected chi connectivity index (χ2v) is 4.13. The second-order valence-electron chi connectivity index (χ2n) is 4.13. The average Bonchev–Trinajstić information content (AvgIpc) is 2.21. The van der Waals surface area contributed by atoms with Crippen molar-refractivity contribution >= 4 is 0 Å².